The minimum absolute atomic E-state index is 0.0178. The van der Waals surface area contributed by atoms with Crippen molar-refractivity contribution in [1.82, 2.24) is 9.78 Å². The molecule has 1 aromatic carbocycles. The van der Waals surface area contributed by atoms with Crippen molar-refractivity contribution < 1.29 is 27.8 Å². The van der Waals surface area contributed by atoms with E-state index in [4.69, 9.17) is 15.2 Å². The van der Waals surface area contributed by atoms with Gasteiger partial charge in [0, 0.05) is 20.3 Å². The lowest BCUT2D eigenvalue weighted by molar-refractivity contribution is 0.0472. The first-order chi connectivity index (χ1) is 12.4. The third kappa shape index (κ3) is 4.23. The number of aryl methyl sites for hydroxylation is 2. The van der Waals surface area contributed by atoms with E-state index in [9.17, 15) is 18.4 Å². The Labute approximate surface area is 148 Å². The number of ether oxygens (including phenoxy) is 2. The summed E-state index contributed by atoms with van der Waals surface area (Å²) >= 11 is 0. The molecule has 0 spiro atoms. The first-order valence-electron chi connectivity index (χ1n) is 7.83. The van der Waals surface area contributed by atoms with Crippen LogP contribution in [-0.2, 0) is 16.0 Å². The molecule has 7 nitrogen and oxygen atoms in total. The summed E-state index contributed by atoms with van der Waals surface area (Å²) < 4.78 is 38.4. The molecule has 0 amide bonds. The van der Waals surface area contributed by atoms with Gasteiger partial charge in [0.25, 0.3) is 0 Å². The summed E-state index contributed by atoms with van der Waals surface area (Å²) in [6.45, 7) is 1.69. The number of nitrogens with two attached hydrogens (primary N) is 1. The molecule has 9 heteroatoms. The number of aromatic nitrogens is 2. The molecule has 0 aliphatic heterocycles. The number of hydrogen-bond donors (Lipinski definition) is 1. The highest BCUT2D eigenvalue weighted by atomic mass is 19.1. The van der Waals surface area contributed by atoms with Crippen molar-refractivity contribution in [3.8, 4) is 0 Å². The van der Waals surface area contributed by atoms with E-state index in [0.29, 0.717) is 25.3 Å². The summed E-state index contributed by atoms with van der Waals surface area (Å²) in [4.78, 5) is 24.2. The molecule has 0 radical (unpaired) electrons. The molecule has 0 unspecified atom stereocenters. The van der Waals surface area contributed by atoms with Crippen LogP contribution in [0.1, 0.15) is 32.8 Å². The second-order valence-electron chi connectivity index (χ2n) is 5.51. The predicted octanol–water partition coefficient (Wildman–Crippen LogP) is 2.13. The Morgan fingerprint density at radius 2 is 1.88 bits per heavy atom. The highest BCUT2D eigenvalue weighted by Gasteiger charge is 2.23. The molecule has 0 saturated carbocycles. The molecular formula is C17H19F2N3O4. The normalized spacial score (nSPS) is 10.8. The van der Waals surface area contributed by atoms with Crippen molar-refractivity contribution >= 4 is 17.6 Å². The van der Waals surface area contributed by atoms with Crippen LogP contribution in [-0.4, -0.2) is 41.9 Å². The molecule has 0 bridgehead atoms. The van der Waals surface area contributed by atoms with Gasteiger partial charge in [0.05, 0.1) is 11.3 Å². The number of Topliss-reactive ketones (excluding diaryl/α,β-unsaturated/α-hetero) is 1. The maximum Gasteiger partial charge on any atom is 0.344 e. The number of nitrogen functional groups attached to an aromatic ring is 1. The number of methoxy groups -OCH3 is 1. The van der Waals surface area contributed by atoms with E-state index in [1.165, 1.54) is 4.68 Å². The van der Waals surface area contributed by atoms with E-state index in [1.807, 2.05) is 0 Å². The average molecular weight is 367 g/mol. The maximum atomic E-state index is 13.6. The summed E-state index contributed by atoms with van der Waals surface area (Å²) in [5.74, 6) is -3.82. The summed E-state index contributed by atoms with van der Waals surface area (Å²) in [6.07, 6.45) is 0.640. The molecular weight excluding hydrogens is 348 g/mol. The van der Waals surface area contributed by atoms with Gasteiger partial charge in [-0.2, -0.15) is 5.10 Å². The standard InChI is InChI=1S/C17H19F2N3O4/c1-10-14(16(20)22(21-10)7-4-8-25-2)17(24)26-9-13(23)15-11(18)5-3-6-12(15)19/h3,5-6H,4,7-9,20H2,1-2H3. The third-order valence-corrected chi connectivity index (χ3v) is 3.67. The third-order valence-electron chi connectivity index (χ3n) is 3.67. The highest BCUT2D eigenvalue weighted by Crippen LogP contribution is 2.19. The Morgan fingerprint density at radius 3 is 2.50 bits per heavy atom. The Kier molecular flexibility index (Phi) is 6.40. The minimum atomic E-state index is -1.02. The summed E-state index contributed by atoms with van der Waals surface area (Å²) in [5, 5.41) is 4.15. The molecule has 2 N–H and O–H groups in total. The van der Waals surface area contributed by atoms with Crippen LogP contribution in [0.25, 0.3) is 0 Å². The zero-order chi connectivity index (χ0) is 19.3. The Balaban J connectivity index is 2.07. The van der Waals surface area contributed by atoms with Crippen LogP contribution in [0.15, 0.2) is 18.2 Å². The zero-order valence-electron chi connectivity index (χ0n) is 14.4. The lowest BCUT2D eigenvalue weighted by Gasteiger charge is -2.07. The first kappa shape index (κ1) is 19.5. The second kappa shape index (κ2) is 8.52. The van der Waals surface area contributed by atoms with Crippen LogP contribution in [0.3, 0.4) is 0 Å². The van der Waals surface area contributed by atoms with Gasteiger partial charge in [-0.3, -0.25) is 4.79 Å². The highest BCUT2D eigenvalue weighted by molar-refractivity contribution is 6.01. The van der Waals surface area contributed by atoms with Crippen LogP contribution in [0, 0.1) is 18.6 Å². The predicted molar refractivity (Wildman–Crippen MR) is 88.8 cm³/mol. The van der Waals surface area contributed by atoms with Crippen molar-refractivity contribution in [1.29, 1.82) is 0 Å². The topological polar surface area (TPSA) is 96.4 Å². The van der Waals surface area contributed by atoms with Crippen molar-refractivity contribution in [2.75, 3.05) is 26.1 Å². The van der Waals surface area contributed by atoms with Crippen LogP contribution in [0.2, 0.25) is 0 Å². The first-order valence-corrected chi connectivity index (χ1v) is 7.83. The van der Waals surface area contributed by atoms with Gasteiger partial charge in [0.1, 0.15) is 23.0 Å². The number of nitrogens with zero attached hydrogens (tertiary/aromatic N) is 2. The van der Waals surface area contributed by atoms with Gasteiger partial charge >= 0.3 is 5.97 Å². The fourth-order valence-corrected chi connectivity index (χ4v) is 2.42. The van der Waals surface area contributed by atoms with E-state index < -0.39 is 35.6 Å². The van der Waals surface area contributed by atoms with Crippen molar-refractivity contribution in [2.45, 2.75) is 19.9 Å². The fourth-order valence-electron chi connectivity index (χ4n) is 2.42. The van der Waals surface area contributed by atoms with E-state index in [1.54, 1.807) is 14.0 Å². The maximum absolute atomic E-state index is 13.6. The molecule has 0 atom stereocenters. The summed E-state index contributed by atoms with van der Waals surface area (Å²) in [7, 11) is 1.57. The number of halogens is 2. The minimum Gasteiger partial charge on any atom is -0.454 e. The van der Waals surface area contributed by atoms with Gasteiger partial charge in [0.2, 0.25) is 5.78 Å². The number of carbonyl (C=O) groups is 2. The lowest BCUT2D eigenvalue weighted by atomic mass is 10.1. The largest absolute Gasteiger partial charge is 0.454 e. The van der Waals surface area contributed by atoms with Gasteiger partial charge in [-0.05, 0) is 25.5 Å². The molecule has 0 fully saturated rings. The number of anilines is 1. The quantitative estimate of drug-likeness (QED) is 0.436. The van der Waals surface area contributed by atoms with Gasteiger partial charge in [-0.1, -0.05) is 6.07 Å². The van der Waals surface area contributed by atoms with Gasteiger partial charge in [-0.25, -0.2) is 18.3 Å². The molecule has 0 aliphatic rings. The molecule has 26 heavy (non-hydrogen) atoms. The van der Waals surface area contributed by atoms with Crippen molar-refractivity contribution in [3.05, 3.63) is 46.7 Å². The van der Waals surface area contributed by atoms with Crippen LogP contribution >= 0.6 is 0 Å². The van der Waals surface area contributed by atoms with E-state index in [-0.39, 0.29) is 11.4 Å². The van der Waals surface area contributed by atoms with Crippen LogP contribution in [0.4, 0.5) is 14.6 Å². The molecule has 0 saturated heterocycles. The molecule has 2 aromatic rings. The van der Waals surface area contributed by atoms with Gasteiger partial charge in [0.15, 0.2) is 6.61 Å². The molecule has 1 aromatic heterocycles. The van der Waals surface area contributed by atoms with Gasteiger partial charge < -0.3 is 15.2 Å². The molecule has 2 rings (SSSR count). The monoisotopic (exact) mass is 367 g/mol. The number of carbonyl (C=O) groups excluding carboxylic acids is 2. The number of esters is 1. The summed E-state index contributed by atoms with van der Waals surface area (Å²) in [5.41, 5.74) is 5.50. The van der Waals surface area contributed by atoms with E-state index in [2.05, 4.69) is 5.10 Å². The molecule has 140 valence electrons. The second-order valence-corrected chi connectivity index (χ2v) is 5.51. The molecule has 1 heterocycles. The molecule has 0 aliphatic carbocycles. The van der Waals surface area contributed by atoms with Crippen molar-refractivity contribution in [3.63, 3.8) is 0 Å². The number of hydrogen-bond acceptors (Lipinski definition) is 6. The van der Waals surface area contributed by atoms with Crippen LogP contribution < -0.4 is 5.73 Å². The SMILES string of the molecule is COCCCn1nc(C)c(C(=O)OCC(=O)c2c(F)cccc2F)c1N. The number of benzene rings is 1. The van der Waals surface area contributed by atoms with Crippen molar-refractivity contribution in [2.24, 2.45) is 0 Å². The summed E-state index contributed by atoms with van der Waals surface area (Å²) in [6, 6.07) is 3.03. The van der Waals surface area contributed by atoms with E-state index in [0.717, 1.165) is 18.2 Å². The van der Waals surface area contributed by atoms with Crippen LogP contribution in [0.5, 0.6) is 0 Å². The number of rotatable bonds is 8. The lowest BCUT2D eigenvalue weighted by Crippen LogP contribution is -2.18. The average Bonchev–Trinajstić information content (AvgIpc) is 2.87. The van der Waals surface area contributed by atoms with E-state index >= 15 is 0 Å². The Morgan fingerprint density at radius 1 is 1.23 bits per heavy atom. The fraction of sp³-hybridized carbons (Fsp3) is 0.353. The van der Waals surface area contributed by atoms with Gasteiger partial charge in [-0.15, -0.1) is 0 Å². The number of ketones is 1. The zero-order valence-corrected chi connectivity index (χ0v) is 14.4. The smallest absolute Gasteiger partial charge is 0.344 e. The Hall–Kier alpha value is -2.81. The Bertz CT molecular complexity index is 800.